The smallest absolute Gasteiger partial charge is 0.276 e. The molecule has 0 aliphatic heterocycles. The Morgan fingerprint density at radius 2 is 2.05 bits per heavy atom. The van der Waals surface area contributed by atoms with Crippen molar-refractivity contribution in [2.45, 2.75) is 26.8 Å². The highest BCUT2D eigenvalue weighted by atomic mass is 16.5. The Balaban J connectivity index is 2.03. The number of aryl methyl sites for hydroxylation is 2. The predicted octanol–water partition coefficient (Wildman–Crippen LogP) is 2.76. The van der Waals surface area contributed by atoms with Gasteiger partial charge in [-0.05, 0) is 31.5 Å². The zero-order valence-electron chi connectivity index (χ0n) is 12.1. The molecule has 1 aromatic carbocycles. The maximum atomic E-state index is 5.94. The standard InChI is InChI=1S/C15H17N5O/c1-3-10-9-13(20(4-2)18-10)15-17-14(19-21-15)11-7-5-6-8-12(11)16/h5-9H,3-4,16H2,1-2H3. The van der Waals surface area contributed by atoms with Crippen LogP contribution in [0, 0.1) is 0 Å². The van der Waals surface area contributed by atoms with Crippen molar-refractivity contribution in [3.05, 3.63) is 36.0 Å². The Morgan fingerprint density at radius 1 is 1.24 bits per heavy atom. The fourth-order valence-corrected chi connectivity index (χ4v) is 2.19. The third kappa shape index (κ3) is 2.40. The van der Waals surface area contributed by atoms with Crippen molar-refractivity contribution in [3.63, 3.8) is 0 Å². The van der Waals surface area contributed by atoms with E-state index >= 15 is 0 Å². The third-order valence-electron chi connectivity index (χ3n) is 3.34. The molecule has 0 amide bonds. The van der Waals surface area contributed by atoms with Gasteiger partial charge >= 0.3 is 0 Å². The molecule has 0 spiro atoms. The molecule has 0 atom stereocenters. The average Bonchev–Trinajstić information content (AvgIpc) is 3.13. The van der Waals surface area contributed by atoms with Gasteiger partial charge in [0.25, 0.3) is 5.89 Å². The van der Waals surface area contributed by atoms with Crippen molar-refractivity contribution >= 4 is 5.69 Å². The SMILES string of the molecule is CCc1cc(-c2nc(-c3ccccc3N)no2)n(CC)n1. The van der Waals surface area contributed by atoms with E-state index in [-0.39, 0.29) is 0 Å². The topological polar surface area (TPSA) is 82.8 Å². The number of nitrogen functional groups attached to an aromatic ring is 1. The van der Waals surface area contributed by atoms with E-state index in [4.69, 9.17) is 10.3 Å². The Labute approximate surface area is 122 Å². The maximum absolute atomic E-state index is 5.94. The number of benzene rings is 1. The van der Waals surface area contributed by atoms with Crippen LogP contribution in [0.25, 0.3) is 23.0 Å². The zero-order chi connectivity index (χ0) is 14.8. The van der Waals surface area contributed by atoms with Gasteiger partial charge in [0.15, 0.2) is 0 Å². The average molecular weight is 283 g/mol. The van der Waals surface area contributed by atoms with Crippen LogP contribution in [0.15, 0.2) is 34.9 Å². The molecule has 0 bridgehead atoms. The Morgan fingerprint density at radius 3 is 2.76 bits per heavy atom. The molecule has 0 fully saturated rings. The highest BCUT2D eigenvalue weighted by Gasteiger charge is 2.17. The van der Waals surface area contributed by atoms with Crippen molar-refractivity contribution in [3.8, 4) is 23.0 Å². The van der Waals surface area contributed by atoms with Crippen LogP contribution < -0.4 is 5.73 Å². The molecule has 6 nitrogen and oxygen atoms in total. The molecular weight excluding hydrogens is 266 g/mol. The van der Waals surface area contributed by atoms with Gasteiger partial charge in [0, 0.05) is 17.8 Å². The first-order chi connectivity index (χ1) is 10.2. The van der Waals surface area contributed by atoms with Crippen LogP contribution >= 0.6 is 0 Å². The van der Waals surface area contributed by atoms with Gasteiger partial charge in [-0.25, -0.2) is 0 Å². The molecule has 0 saturated heterocycles. The number of hydrogen-bond donors (Lipinski definition) is 1. The van der Waals surface area contributed by atoms with Gasteiger partial charge in [-0.2, -0.15) is 10.1 Å². The normalized spacial score (nSPS) is 11.0. The van der Waals surface area contributed by atoms with E-state index in [0.29, 0.717) is 17.4 Å². The van der Waals surface area contributed by atoms with Crippen LogP contribution in [0.3, 0.4) is 0 Å². The lowest BCUT2D eigenvalue weighted by molar-refractivity contribution is 0.427. The first kappa shape index (κ1) is 13.4. The summed E-state index contributed by atoms with van der Waals surface area (Å²) in [6, 6.07) is 9.44. The summed E-state index contributed by atoms with van der Waals surface area (Å²) in [5, 5.41) is 8.51. The summed E-state index contributed by atoms with van der Waals surface area (Å²) in [7, 11) is 0. The summed E-state index contributed by atoms with van der Waals surface area (Å²) >= 11 is 0. The molecule has 3 aromatic rings. The lowest BCUT2D eigenvalue weighted by Crippen LogP contribution is -1.99. The number of rotatable bonds is 4. The second-order valence-electron chi connectivity index (χ2n) is 4.70. The molecule has 2 N–H and O–H groups in total. The number of nitrogens with two attached hydrogens (primary N) is 1. The quantitative estimate of drug-likeness (QED) is 0.744. The van der Waals surface area contributed by atoms with E-state index in [0.717, 1.165) is 29.9 Å². The summed E-state index contributed by atoms with van der Waals surface area (Å²) in [5.74, 6) is 0.951. The lowest BCUT2D eigenvalue weighted by Gasteiger charge is -1.99. The molecule has 6 heteroatoms. The van der Waals surface area contributed by atoms with E-state index in [9.17, 15) is 0 Å². The summed E-state index contributed by atoms with van der Waals surface area (Å²) in [5.41, 5.74) is 9.18. The summed E-state index contributed by atoms with van der Waals surface area (Å²) in [6.07, 6.45) is 0.868. The highest BCUT2D eigenvalue weighted by Crippen LogP contribution is 2.26. The van der Waals surface area contributed by atoms with Crippen LogP contribution in [0.5, 0.6) is 0 Å². The molecule has 2 heterocycles. The van der Waals surface area contributed by atoms with E-state index in [1.54, 1.807) is 0 Å². The van der Waals surface area contributed by atoms with E-state index < -0.39 is 0 Å². The summed E-state index contributed by atoms with van der Waals surface area (Å²) in [4.78, 5) is 4.45. The molecule has 0 unspecified atom stereocenters. The van der Waals surface area contributed by atoms with Crippen LogP contribution in [0.4, 0.5) is 5.69 Å². The minimum absolute atomic E-state index is 0.460. The second kappa shape index (κ2) is 5.40. The van der Waals surface area contributed by atoms with E-state index in [2.05, 4.69) is 22.2 Å². The minimum Gasteiger partial charge on any atom is -0.398 e. The van der Waals surface area contributed by atoms with Gasteiger partial charge in [-0.3, -0.25) is 4.68 Å². The lowest BCUT2D eigenvalue weighted by atomic mass is 10.2. The van der Waals surface area contributed by atoms with Gasteiger partial charge in [0.05, 0.1) is 5.69 Å². The highest BCUT2D eigenvalue weighted by molar-refractivity contribution is 5.71. The maximum Gasteiger partial charge on any atom is 0.276 e. The van der Waals surface area contributed by atoms with Crippen molar-refractivity contribution in [2.24, 2.45) is 0 Å². The molecule has 108 valence electrons. The van der Waals surface area contributed by atoms with Crippen LogP contribution in [-0.4, -0.2) is 19.9 Å². The van der Waals surface area contributed by atoms with E-state index in [1.807, 2.05) is 41.9 Å². The Kier molecular flexibility index (Phi) is 3.43. The molecule has 3 rings (SSSR count). The molecular formula is C15H17N5O. The molecule has 0 aliphatic carbocycles. The minimum atomic E-state index is 0.460. The van der Waals surface area contributed by atoms with Crippen molar-refractivity contribution in [2.75, 3.05) is 5.73 Å². The number of hydrogen-bond acceptors (Lipinski definition) is 5. The van der Waals surface area contributed by atoms with Gasteiger partial charge in [0.2, 0.25) is 5.82 Å². The van der Waals surface area contributed by atoms with Crippen molar-refractivity contribution in [1.82, 2.24) is 19.9 Å². The number of para-hydroxylation sites is 1. The zero-order valence-corrected chi connectivity index (χ0v) is 12.1. The van der Waals surface area contributed by atoms with Gasteiger partial charge in [0.1, 0.15) is 5.69 Å². The largest absolute Gasteiger partial charge is 0.398 e. The second-order valence-corrected chi connectivity index (χ2v) is 4.70. The monoisotopic (exact) mass is 283 g/mol. The molecule has 0 aliphatic rings. The van der Waals surface area contributed by atoms with Crippen LogP contribution in [0.2, 0.25) is 0 Å². The fraction of sp³-hybridized carbons (Fsp3) is 0.267. The Hall–Kier alpha value is -2.63. The molecule has 21 heavy (non-hydrogen) atoms. The number of anilines is 1. The van der Waals surface area contributed by atoms with Gasteiger partial charge in [-0.15, -0.1) is 0 Å². The molecule has 0 radical (unpaired) electrons. The summed E-state index contributed by atoms with van der Waals surface area (Å²) in [6.45, 7) is 4.85. The fourth-order valence-electron chi connectivity index (χ4n) is 2.19. The number of nitrogens with zero attached hydrogens (tertiary/aromatic N) is 4. The first-order valence-electron chi connectivity index (χ1n) is 6.98. The Bertz CT molecular complexity index is 759. The van der Waals surface area contributed by atoms with Crippen molar-refractivity contribution < 1.29 is 4.52 Å². The predicted molar refractivity (Wildman–Crippen MR) is 80.4 cm³/mol. The molecule has 0 saturated carbocycles. The third-order valence-corrected chi connectivity index (χ3v) is 3.34. The van der Waals surface area contributed by atoms with Crippen molar-refractivity contribution in [1.29, 1.82) is 0 Å². The van der Waals surface area contributed by atoms with E-state index in [1.165, 1.54) is 0 Å². The van der Waals surface area contributed by atoms with Gasteiger partial charge in [-0.1, -0.05) is 24.2 Å². The first-order valence-corrected chi connectivity index (χ1v) is 6.98. The molecule has 2 aromatic heterocycles. The number of aromatic nitrogens is 4. The van der Waals surface area contributed by atoms with Crippen LogP contribution in [-0.2, 0) is 13.0 Å². The van der Waals surface area contributed by atoms with Crippen LogP contribution in [0.1, 0.15) is 19.5 Å². The summed E-state index contributed by atoms with van der Waals surface area (Å²) < 4.78 is 7.25. The van der Waals surface area contributed by atoms with Gasteiger partial charge < -0.3 is 10.3 Å².